The molecule has 1 fully saturated rings. The van der Waals surface area contributed by atoms with E-state index in [2.05, 4.69) is 5.32 Å². The Morgan fingerprint density at radius 3 is 2.85 bits per heavy atom. The first kappa shape index (κ1) is 14.8. The molecule has 20 heavy (non-hydrogen) atoms. The van der Waals surface area contributed by atoms with Crippen LogP contribution >= 0.6 is 0 Å². The van der Waals surface area contributed by atoms with Crippen LogP contribution in [0.4, 0.5) is 11.4 Å². The molecule has 3 N–H and O–H groups in total. The molecule has 0 bridgehead atoms. The number of carbonyl (C=O) groups is 1. The van der Waals surface area contributed by atoms with E-state index in [1.165, 1.54) is 4.31 Å². The Balaban J connectivity index is 1.76. The van der Waals surface area contributed by atoms with Gasteiger partial charge < -0.3 is 11.1 Å². The average Bonchev–Trinajstić information content (AvgIpc) is 2.69. The Morgan fingerprint density at radius 2 is 2.20 bits per heavy atom. The molecule has 6 nitrogen and oxygen atoms in total. The molecule has 110 valence electrons. The van der Waals surface area contributed by atoms with E-state index in [9.17, 15) is 13.2 Å². The zero-order chi connectivity index (χ0) is 14.6. The summed E-state index contributed by atoms with van der Waals surface area (Å²) < 4.78 is 24.6. The number of anilines is 2. The van der Waals surface area contributed by atoms with Crippen molar-refractivity contribution in [1.29, 1.82) is 0 Å². The number of nitrogens with two attached hydrogens (primary N) is 1. The number of nitrogens with zero attached hydrogens (tertiary/aromatic N) is 1. The van der Waals surface area contributed by atoms with E-state index in [1.807, 2.05) is 0 Å². The van der Waals surface area contributed by atoms with Crippen molar-refractivity contribution in [3.05, 3.63) is 24.3 Å². The Bertz CT molecular complexity index is 586. The largest absolute Gasteiger partial charge is 0.399 e. The summed E-state index contributed by atoms with van der Waals surface area (Å²) in [5.41, 5.74) is 6.87. The number of nitrogen functional groups attached to an aromatic ring is 1. The quantitative estimate of drug-likeness (QED) is 0.794. The van der Waals surface area contributed by atoms with Gasteiger partial charge in [0.15, 0.2) is 0 Å². The number of carbonyl (C=O) groups excluding carboxylic acids is 1. The van der Waals surface area contributed by atoms with Crippen molar-refractivity contribution in [3.63, 3.8) is 0 Å². The number of rotatable bonds is 5. The van der Waals surface area contributed by atoms with Crippen LogP contribution in [-0.4, -0.2) is 37.5 Å². The molecule has 1 heterocycles. The number of nitrogens with one attached hydrogen (secondary N) is 1. The zero-order valence-corrected chi connectivity index (χ0v) is 12.0. The highest BCUT2D eigenvalue weighted by molar-refractivity contribution is 7.89. The molecule has 1 saturated heterocycles. The van der Waals surface area contributed by atoms with Gasteiger partial charge in [0.05, 0.1) is 5.75 Å². The third kappa shape index (κ3) is 3.94. The lowest BCUT2D eigenvalue weighted by atomic mass is 10.2. The van der Waals surface area contributed by atoms with Crippen LogP contribution in [-0.2, 0) is 14.8 Å². The summed E-state index contributed by atoms with van der Waals surface area (Å²) >= 11 is 0. The van der Waals surface area contributed by atoms with Gasteiger partial charge in [-0.2, -0.15) is 0 Å². The number of benzene rings is 1. The molecule has 0 atom stereocenters. The lowest BCUT2D eigenvalue weighted by Gasteiger charge is -2.13. The first-order valence-electron chi connectivity index (χ1n) is 6.60. The molecule has 0 saturated carbocycles. The predicted molar refractivity (Wildman–Crippen MR) is 78.7 cm³/mol. The van der Waals surface area contributed by atoms with Crippen molar-refractivity contribution in [1.82, 2.24) is 4.31 Å². The van der Waals surface area contributed by atoms with E-state index in [1.54, 1.807) is 24.3 Å². The van der Waals surface area contributed by atoms with Crippen LogP contribution in [0.2, 0.25) is 0 Å². The lowest BCUT2D eigenvalue weighted by molar-refractivity contribution is -0.116. The van der Waals surface area contributed by atoms with Crippen LogP contribution in [0.1, 0.15) is 19.3 Å². The minimum Gasteiger partial charge on any atom is -0.399 e. The summed E-state index contributed by atoms with van der Waals surface area (Å²) in [6.07, 6.45) is 1.49. The molecule has 7 heteroatoms. The van der Waals surface area contributed by atoms with Gasteiger partial charge in [0.1, 0.15) is 0 Å². The minimum atomic E-state index is -3.06. The van der Waals surface area contributed by atoms with Crippen molar-refractivity contribution in [3.8, 4) is 0 Å². The maximum atomic E-state index is 11.7. The molecule has 1 amide bonds. The summed E-state index contributed by atoms with van der Waals surface area (Å²) in [5, 5.41) is 2.74. The van der Waals surface area contributed by atoms with E-state index >= 15 is 0 Å². The van der Waals surface area contributed by atoms with E-state index in [4.69, 9.17) is 5.73 Å². The summed E-state index contributed by atoms with van der Waals surface area (Å²) in [6, 6.07) is 6.96. The SMILES string of the molecule is Nc1cccc(NC(=O)CCCN2CCCS2(=O)=O)c1. The topological polar surface area (TPSA) is 92.5 Å². The van der Waals surface area contributed by atoms with Gasteiger partial charge in [-0.25, -0.2) is 12.7 Å². The van der Waals surface area contributed by atoms with Crippen molar-refractivity contribution in [2.24, 2.45) is 0 Å². The second kappa shape index (κ2) is 6.23. The Kier molecular flexibility index (Phi) is 4.61. The van der Waals surface area contributed by atoms with Crippen LogP contribution in [0.15, 0.2) is 24.3 Å². The fourth-order valence-corrected chi connectivity index (χ4v) is 3.76. The first-order chi connectivity index (χ1) is 9.47. The molecular formula is C13H19N3O3S. The van der Waals surface area contributed by atoms with Gasteiger partial charge in [-0.1, -0.05) is 6.07 Å². The highest BCUT2D eigenvalue weighted by atomic mass is 32.2. The van der Waals surface area contributed by atoms with Gasteiger partial charge >= 0.3 is 0 Å². The number of sulfonamides is 1. The Hall–Kier alpha value is -1.60. The van der Waals surface area contributed by atoms with E-state index in [0.29, 0.717) is 43.7 Å². The van der Waals surface area contributed by atoms with E-state index in [0.717, 1.165) is 0 Å². The molecule has 1 aromatic rings. The predicted octanol–water partition coefficient (Wildman–Crippen LogP) is 1.02. The minimum absolute atomic E-state index is 0.132. The van der Waals surface area contributed by atoms with Gasteiger partial charge in [0.2, 0.25) is 15.9 Å². The summed E-state index contributed by atoms with van der Waals surface area (Å²) in [4.78, 5) is 11.7. The van der Waals surface area contributed by atoms with Gasteiger partial charge in [0.25, 0.3) is 0 Å². The van der Waals surface area contributed by atoms with Gasteiger partial charge in [-0.3, -0.25) is 4.79 Å². The molecule has 0 unspecified atom stereocenters. The van der Waals surface area contributed by atoms with Crippen LogP contribution < -0.4 is 11.1 Å². The zero-order valence-electron chi connectivity index (χ0n) is 11.2. The molecular weight excluding hydrogens is 278 g/mol. The molecule has 0 spiro atoms. The van der Waals surface area contributed by atoms with Crippen LogP contribution in [0.3, 0.4) is 0 Å². The van der Waals surface area contributed by atoms with Crippen molar-refractivity contribution < 1.29 is 13.2 Å². The third-order valence-corrected chi connectivity index (χ3v) is 5.14. The van der Waals surface area contributed by atoms with Crippen molar-refractivity contribution >= 4 is 27.3 Å². The Labute approximate surface area is 119 Å². The summed E-state index contributed by atoms with van der Waals surface area (Å²) in [5.74, 6) is 0.0925. The molecule has 1 aliphatic heterocycles. The maximum Gasteiger partial charge on any atom is 0.224 e. The van der Waals surface area contributed by atoms with Crippen molar-refractivity contribution in [2.45, 2.75) is 19.3 Å². The van der Waals surface area contributed by atoms with E-state index < -0.39 is 10.0 Å². The standard InChI is InChI=1S/C13H19N3O3S/c14-11-4-1-5-12(10-11)15-13(17)6-2-7-16-8-3-9-20(16,18)19/h1,4-5,10H,2-3,6-9,14H2,(H,15,17). The molecule has 0 radical (unpaired) electrons. The molecule has 0 aromatic heterocycles. The second-order valence-electron chi connectivity index (χ2n) is 4.85. The van der Waals surface area contributed by atoms with Gasteiger partial charge in [-0.15, -0.1) is 0 Å². The van der Waals surface area contributed by atoms with Crippen LogP contribution in [0.25, 0.3) is 0 Å². The van der Waals surface area contributed by atoms with Crippen LogP contribution in [0, 0.1) is 0 Å². The van der Waals surface area contributed by atoms with Gasteiger partial charge in [-0.05, 0) is 31.0 Å². The van der Waals surface area contributed by atoms with E-state index in [-0.39, 0.29) is 11.7 Å². The molecule has 1 aromatic carbocycles. The Morgan fingerprint density at radius 1 is 1.40 bits per heavy atom. The second-order valence-corrected chi connectivity index (χ2v) is 6.93. The number of hydrogen-bond acceptors (Lipinski definition) is 4. The lowest BCUT2D eigenvalue weighted by Crippen LogP contribution is -2.27. The molecule has 1 aliphatic rings. The third-order valence-electron chi connectivity index (χ3n) is 3.18. The smallest absolute Gasteiger partial charge is 0.224 e. The average molecular weight is 297 g/mol. The number of amides is 1. The van der Waals surface area contributed by atoms with Crippen molar-refractivity contribution in [2.75, 3.05) is 29.9 Å². The fourth-order valence-electron chi connectivity index (χ4n) is 2.20. The summed E-state index contributed by atoms with van der Waals surface area (Å²) in [6.45, 7) is 0.978. The first-order valence-corrected chi connectivity index (χ1v) is 8.21. The highest BCUT2D eigenvalue weighted by Crippen LogP contribution is 2.15. The maximum absolute atomic E-state index is 11.7. The highest BCUT2D eigenvalue weighted by Gasteiger charge is 2.27. The number of hydrogen-bond donors (Lipinski definition) is 2. The van der Waals surface area contributed by atoms with Gasteiger partial charge in [0, 0.05) is 30.9 Å². The normalized spacial score (nSPS) is 18.0. The molecule has 0 aliphatic carbocycles. The molecule has 2 rings (SSSR count). The van der Waals surface area contributed by atoms with Crippen LogP contribution in [0.5, 0.6) is 0 Å². The fraction of sp³-hybridized carbons (Fsp3) is 0.462. The monoisotopic (exact) mass is 297 g/mol. The summed E-state index contributed by atoms with van der Waals surface area (Å²) in [7, 11) is -3.06.